The van der Waals surface area contributed by atoms with Crippen molar-refractivity contribution in [1.29, 1.82) is 0 Å². The van der Waals surface area contributed by atoms with E-state index >= 15 is 0 Å². The molecule has 0 spiro atoms. The van der Waals surface area contributed by atoms with Crippen LogP contribution in [0.2, 0.25) is 5.02 Å². The number of carbonyl (C=O) groups is 2. The lowest BCUT2D eigenvalue weighted by molar-refractivity contribution is -0.116. The average molecular weight is 360 g/mol. The standard InChI is InChI=1S/C19H18ClNO4/c1-12-2-4-13(5-3-12)16(22)6-7-19(23)21-15-11-18-17(10-14(15)20)24-8-9-25-18/h2-5,10-11H,6-9H2,1H3,(H,21,23). The van der Waals surface area contributed by atoms with Gasteiger partial charge in [0.1, 0.15) is 13.2 Å². The number of aryl methyl sites for hydroxylation is 1. The summed E-state index contributed by atoms with van der Waals surface area (Å²) in [6, 6.07) is 10.5. The van der Waals surface area contributed by atoms with Crippen molar-refractivity contribution in [1.82, 2.24) is 0 Å². The van der Waals surface area contributed by atoms with Gasteiger partial charge in [0.2, 0.25) is 5.91 Å². The molecule has 25 heavy (non-hydrogen) atoms. The molecule has 3 rings (SSSR count). The molecule has 0 fully saturated rings. The first kappa shape index (κ1) is 17.3. The minimum Gasteiger partial charge on any atom is -0.486 e. The molecule has 1 aliphatic rings. The van der Waals surface area contributed by atoms with E-state index in [0.29, 0.717) is 41.0 Å². The van der Waals surface area contributed by atoms with Gasteiger partial charge in [0.25, 0.3) is 0 Å². The lowest BCUT2D eigenvalue weighted by atomic mass is 10.0. The molecule has 1 aliphatic heterocycles. The Kier molecular flexibility index (Phi) is 5.24. The highest BCUT2D eigenvalue weighted by Crippen LogP contribution is 2.38. The maximum absolute atomic E-state index is 12.1. The van der Waals surface area contributed by atoms with Gasteiger partial charge in [-0.15, -0.1) is 0 Å². The SMILES string of the molecule is Cc1ccc(C(=O)CCC(=O)Nc2cc3c(cc2Cl)OCCO3)cc1. The second-order valence-electron chi connectivity index (χ2n) is 5.81. The van der Waals surface area contributed by atoms with Gasteiger partial charge < -0.3 is 14.8 Å². The van der Waals surface area contributed by atoms with Crippen LogP contribution in [0.5, 0.6) is 11.5 Å². The van der Waals surface area contributed by atoms with Crippen molar-refractivity contribution in [3.63, 3.8) is 0 Å². The van der Waals surface area contributed by atoms with Crippen molar-refractivity contribution in [3.05, 3.63) is 52.5 Å². The molecule has 0 bridgehead atoms. The molecular formula is C19H18ClNO4. The van der Waals surface area contributed by atoms with Gasteiger partial charge in [-0.25, -0.2) is 0 Å². The van der Waals surface area contributed by atoms with Crippen LogP contribution in [0.15, 0.2) is 36.4 Å². The maximum atomic E-state index is 12.1. The number of hydrogen-bond acceptors (Lipinski definition) is 4. The minimum absolute atomic E-state index is 0.0663. The number of Topliss-reactive ketones (excluding diaryl/α,β-unsaturated/α-hetero) is 1. The van der Waals surface area contributed by atoms with Crippen molar-refractivity contribution >= 4 is 29.0 Å². The van der Waals surface area contributed by atoms with Crippen molar-refractivity contribution in [3.8, 4) is 11.5 Å². The van der Waals surface area contributed by atoms with Crippen LogP contribution in [-0.4, -0.2) is 24.9 Å². The van der Waals surface area contributed by atoms with E-state index in [9.17, 15) is 9.59 Å². The number of amides is 1. The summed E-state index contributed by atoms with van der Waals surface area (Å²) in [5, 5.41) is 3.08. The van der Waals surface area contributed by atoms with Gasteiger partial charge in [-0.3, -0.25) is 9.59 Å². The van der Waals surface area contributed by atoms with Crippen LogP contribution >= 0.6 is 11.6 Å². The summed E-state index contributed by atoms with van der Waals surface area (Å²) in [5.74, 6) is 0.757. The Morgan fingerprint density at radius 2 is 1.68 bits per heavy atom. The van der Waals surface area contributed by atoms with Gasteiger partial charge in [-0.1, -0.05) is 41.4 Å². The van der Waals surface area contributed by atoms with E-state index in [1.165, 1.54) is 0 Å². The van der Waals surface area contributed by atoms with Gasteiger partial charge in [0.05, 0.1) is 10.7 Å². The molecule has 0 unspecified atom stereocenters. The molecule has 0 atom stereocenters. The number of ketones is 1. The molecule has 0 aromatic heterocycles. The highest BCUT2D eigenvalue weighted by atomic mass is 35.5. The predicted octanol–water partition coefficient (Wildman–Crippen LogP) is 4.02. The molecule has 1 amide bonds. The molecule has 6 heteroatoms. The molecule has 2 aromatic rings. The van der Waals surface area contributed by atoms with Crippen molar-refractivity contribution in [2.75, 3.05) is 18.5 Å². The van der Waals surface area contributed by atoms with Crippen molar-refractivity contribution in [2.45, 2.75) is 19.8 Å². The number of nitrogens with one attached hydrogen (secondary N) is 1. The lowest BCUT2D eigenvalue weighted by Gasteiger charge is -2.20. The zero-order valence-corrected chi connectivity index (χ0v) is 14.6. The molecule has 0 saturated carbocycles. The van der Waals surface area contributed by atoms with Crippen LogP contribution in [0, 0.1) is 6.92 Å². The fraction of sp³-hybridized carbons (Fsp3) is 0.263. The molecule has 2 aromatic carbocycles. The number of ether oxygens (including phenoxy) is 2. The molecule has 130 valence electrons. The monoisotopic (exact) mass is 359 g/mol. The quantitative estimate of drug-likeness (QED) is 0.819. The molecule has 0 saturated heterocycles. The van der Waals surface area contributed by atoms with Gasteiger partial charge >= 0.3 is 0 Å². The number of rotatable bonds is 5. The third-order valence-electron chi connectivity index (χ3n) is 3.86. The predicted molar refractivity (Wildman–Crippen MR) is 95.8 cm³/mol. The van der Waals surface area contributed by atoms with Gasteiger partial charge in [-0.2, -0.15) is 0 Å². The van der Waals surface area contributed by atoms with Crippen LogP contribution in [0.25, 0.3) is 0 Å². The Balaban J connectivity index is 1.59. The van der Waals surface area contributed by atoms with Crippen LogP contribution in [0.3, 0.4) is 0 Å². The lowest BCUT2D eigenvalue weighted by Crippen LogP contribution is -2.17. The first-order valence-corrected chi connectivity index (χ1v) is 8.39. The smallest absolute Gasteiger partial charge is 0.224 e. The van der Waals surface area contributed by atoms with E-state index in [2.05, 4.69) is 5.32 Å². The molecule has 0 radical (unpaired) electrons. The third kappa shape index (κ3) is 4.31. The first-order valence-electron chi connectivity index (χ1n) is 8.02. The van der Waals surface area contributed by atoms with Gasteiger partial charge in [-0.05, 0) is 6.92 Å². The number of benzene rings is 2. The first-order chi connectivity index (χ1) is 12.0. The number of hydrogen-bond donors (Lipinski definition) is 1. The van der Waals surface area contributed by atoms with E-state index in [0.717, 1.165) is 5.56 Å². The zero-order chi connectivity index (χ0) is 17.8. The second-order valence-corrected chi connectivity index (χ2v) is 6.22. The summed E-state index contributed by atoms with van der Waals surface area (Å²) in [6.07, 6.45) is 0.217. The Labute approximate surface area is 150 Å². The van der Waals surface area contributed by atoms with Gasteiger partial charge in [0.15, 0.2) is 17.3 Å². The summed E-state index contributed by atoms with van der Waals surface area (Å²) in [5.41, 5.74) is 2.14. The maximum Gasteiger partial charge on any atom is 0.224 e. The summed E-state index contributed by atoms with van der Waals surface area (Å²) in [4.78, 5) is 24.3. The van der Waals surface area contributed by atoms with E-state index in [-0.39, 0.29) is 24.5 Å². The minimum atomic E-state index is -0.279. The molecule has 1 N–H and O–H groups in total. The summed E-state index contributed by atoms with van der Waals surface area (Å²) < 4.78 is 10.9. The second kappa shape index (κ2) is 7.57. The number of fused-ring (bicyclic) bond motifs is 1. The molecule has 5 nitrogen and oxygen atoms in total. The van der Waals surface area contributed by atoms with E-state index < -0.39 is 0 Å². The van der Waals surface area contributed by atoms with E-state index in [1.807, 2.05) is 19.1 Å². The van der Waals surface area contributed by atoms with Crippen LogP contribution < -0.4 is 14.8 Å². The van der Waals surface area contributed by atoms with Crippen LogP contribution in [0.4, 0.5) is 5.69 Å². The Morgan fingerprint density at radius 1 is 1.04 bits per heavy atom. The normalized spacial score (nSPS) is 12.6. The van der Waals surface area contributed by atoms with E-state index in [4.69, 9.17) is 21.1 Å². The third-order valence-corrected chi connectivity index (χ3v) is 4.17. The summed E-state index contributed by atoms with van der Waals surface area (Å²) >= 11 is 6.16. The Hall–Kier alpha value is -2.53. The van der Waals surface area contributed by atoms with Gasteiger partial charge in [0, 0.05) is 30.5 Å². The van der Waals surface area contributed by atoms with Crippen LogP contribution in [-0.2, 0) is 4.79 Å². The zero-order valence-electron chi connectivity index (χ0n) is 13.8. The van der Waals surface area contributed by atoms with Crippen molar-refractivity contribution in [2.24, 2.45) is 0 Å². The topological polar surface area (TPSA) is 64.6 Å². The van der Waals surface area contributed by atoms with E-state index in [1.54, 1.807) is 24.3 Å². The number of halogens is 1. The molecular weight excluding hydrogens is 342 g/mol. The number of carbonyl (C=O) groups excluding carboxylic acids is 2. The summed E-state index contributed by atoms with van der Waals surface area (Å²) in [7, 11) is 0. The summed E-state index contributed by atoms with van der Waals surface area (Å²) in [6.45, 7) is 2.88. The largest absolute Gasteiger partial charge is 0.486 e. The average Bonchev–Trinajstić information content (AvgIpc) is 2.61. The fourth-order valence-corrected chi connectivity index (χ4v) is 2.68. The van der Waals surface area contributed by atoms with Crippen molar-refractivity contribution < 1.29 is 19.1 Å². The highest BCUT2D eigenvalue weighted by Gasteiger charge is 2.17. The Bertz CT molecular complexity index is 802. The Morgan fingerprint density at radius 3 is 2.36 bits per heavy atom. The highest BCUT2D eigenvalue weighted by molar-refractivity contribution is 6.34. The van der Waals surface area contributed by atoms with Crippen LogP contribution in [0.1, 0.15) is 28.8 Å². The number of anilines is 1. The molecule has 0 aliphatic carbocycles. The fourth-order valence-electron chi connectivity index (χ4n) is 2.48. The molecule has 1 heterocycles.